The molecule has 5 heteroatoms. The van der Waals surface area contributed by atoms with Crippen molar-refractivity contribution in [2.75, 3.05) is 6.61 Å². The van der Waals surface area contributed by atoms with Crippen LogP contribution in [-0.2, 0) is 9.59 Å². The van der Waals surface area contributed by atoms with Crippen LogP contribution in [0.3, 0.4) is 0 Å². The molecule has 0 aliphatic rings. The van der Waals surface area contributed by atoms with Gasteiger partial charge in [0, 0.05) is 23.8 Å². The Morgan fingerprint density at radius 3 is 2.19 bits per heavy atom. The second-order valence-corrected chi connectivity index (χ2v) is 7.52. The van der Waals surface area contributed by atoms with Gasteiger partial charge in [-0.25, -0.2) is 0 Å². The van der Waals surface area contributed by atoms with E-state index in [4.69, 9.17) is 4.74 Å². The summed E-state index contributed by atoms with van der Waals surface area (Å²) in [5.41, 5.74) is -1.71. The van der Waals surface area contributed by atoms with Crippen LogP contribution in [0, 0.1) is 5.41 Å². The molecular formula is C21H28O5. The van der Waals surface area contributed by atoms with Gasteiger partial charge in [0.2, 0.25) is 0 Å². The highest BCUT2D eigenvalue weighted by atomic mass is 16.5. The van der Waals surface area contributed by atoms with Gasteiger partial charge in [0.05, 0.1) is 6.61 Å². The summed E-state index contributed by atoms with van der Waals surface area (Å²) < 4.78 is 5.58. The average Bonchev–Trinajstić information content (AvgIpc) is 2.57. The predicted octanol–water partition coefficient (Wildman–Crippen LogP) is 3.54. The maximum atomic E-state index is 12.2. The summed E-state index contributed by atoms with van der Waals surface area (Å²) in [5.74, 6) is 0.111. The molecule has 0 saturated heterocycles. The van der Waals surface area contributed by atoms with Crippen molar-refractivity contribution in [2.45, 2.75) is 52.6 Å². The first-order valence-corrected chi connectivity index (χ1v) is 8.66. The molecule has 0 heterocycles. The number of benzene rings is 1. The van der Waals surface area contributed by atoms with Crippen LogP contribution >= 0.6 is 0 Å². The Labute approximate surface area is 155 Å². The Kier molecular flexibility index (Phi) is 7.45. The topological polar surface area (TPSA) is 80.7 Å². The summed E-state index contributed by atoms with van der Waals surface area (Å²) in [7, 11) is 0. The smallest absolute Gasteiger partial charge is 0.193 e. The van der Waals surface area contributed by atoms with Gasteiger partial charge in [0.1, 0.15) is 17.1 Å². The van der Waals surface area contributed by atoms with Crippen molar-refractivity contribution in [3.05, 3.63) is 42.5 Å². The van der Waals surface area contributed by atoms with Gasteiger partial charge in [-0.05, 0) is 50.6 Å². The summed E-state index contributed by atoms with van der Waals surface area (Å²) in [6.45, 7) is 10.2. The third-order valence-corrected chi connectivity index (χ3v) is 4.09. The predicted molar refractivity (Wildman–Crippen MR) is 100 cm³/mol. The zero-order valence-electron chi connectivity index (χ0n) is 16.0. The van der Waals surface area contributed by atoms with E-state index in [2.05, 4.69) is 6.58 Å². The highest BCUT2D eigenvalue weighted by Gasteiger charge is 2.28. The molecule has 0 atom stereocenters. The van der Waals surface area contributed by atoms with Crippen LogP contribution in [0.25, 0.3) is 0 Å². The maximum absolute atomic E-state index is 12.2. The van der Waals surface area contributed by atoms with Gasteiger partial charge in [-0.2, -0.15) is 0 Å². The van der Waals surface area contributed by atoms with E-state index < -0.39 is 11.0 Å². The van der Waals surface area contributed by atoms with E-state index in [1.54, 1.807) is 38.1 Å². The monoisotopic (exact) mass is 360 g/mol. The number of rotatable bonds is 11. The van der Waals surface area contributed by atoms with Crippen molar-refractivity contribution in [2.24, 2.45) is 5.41 Å². The molecule has 1 aromatic rings. The normalized spacial score (nSPS) is 11.7. The second kappa shape index (κ2) is 8.90. The molecule has 0 fully saturated rings. The molecular weight excluding hydrogens is 332 g/mol. The molecule has 0 bridgehead atoms. The quantitative estimate of drug-likeness (QED) is 0.371. The van der Waals surface area contributed by atoms with Crippen LogP contribution in [0.15, 0.2) is 36.9 Å². The Bertz CT molecular complexity index is 663. The summed E-state index contributed by atoms with van der Waals surface area (Å²) >= 11 is 0. The fourth-order valence-electron chi connectivity index (χ4n) is 2.42. The minimum atomic E-state index is -1.41. The number of hydrogen-bond donors (Lipinski definition) is 1. The Morgan fingerprint density at radius 1 is 1.12 bits per heavy atom. The first-order valence-electron chi connectivity index (χ1n) is 8.66. The van der Waals surface area contributed by atoms with Gasteiger partial charge in [0.15, 0.2) is 11.6 Å². The molecule has 0 amide bonds. The van der Waals surface area contributed by atoms with Gasteiger partial charge in [-0.3, -0.25) is 14.4 Å². The minimum Gasteiger partial charge on any atom is -0.494 e. The summed E-state index contributed by atoms with van der Waals surface area (Å²) in [4.78, 5) is 35.6. The highest BCUT2D eigenvalue weighted by Crippen LogP contribution is 2.25. The molecule has 1 N–H and O–H groups in total. The van der Waals surface area contributed by atoms with Crippen LogP contribution in [0.5, 0.6) is 5.75 Å². The number of allylic oxidation sites excluding steroid dienone is 1. The van der Waals surface area contributed by atoms with Crippen molar-refractivity contribution in [1.29, 1.82) is 0 Å². The van der Waals surface area contributed by atoms with Crippen molar-refractivity contribution < 1.29 is 24.2 Å². The largest absolute Gasteiger partial charge is 0.494 e. The summed E-state index contributed by atoms with van der Waals surface area (Å²) in [6, 6.07) is 6.52. The summed E-state index contributed by atoms with van der Waals surface area (Å²) in [6.07, 6.45) is 2.26. The highest BCUT2D eigenvalue weighted by molar-refractivity contribution is 6.01. The SMILES string of the molecule is C=CC(=O)CC(C)(C)C(=O)CCCOc1ccc(C(=O)C(C)(C)O)cc1. The molecule has 26 heavy (non-hydrogen) atoms. The number of hydrogen-bond acceptors (Lipinski definition) is 5. The zero-order chi connectivity index (χ0) is 20.0. The standard InChI is InChI=1S/C21H28O5/c1-6-16(22)14-20(2,3)18(23)8-7-13-26-17-11-9-15(10-12-17)19(24)21(4,5)25/h6,9-12,25H,1,7-8,13-14H2,2-5H3. The minimum absolute atomic E-state index is 0.0161. The maximum Gasteiger partial charge on any atom is 0.193 e. The Morgan fingerprint density at radius 2 is 1.69 bits per heavy atom. The van der Waals surface area contributed by atoms with Gasteiger partial charge in [-0.15, -0.1) is 0 Å². The van der Waals surface area contributed by atoms with Crippen LogP contribution in [0.4, 0.5) is 0 Å². The lowest BCUT2D eigenvalue weighted by atomic mass is 9.81. The number of ether oxygens (including phenoxy) is 1. The van der Waals surface area contributed by atoms with Gasteiger partial charge in [0.25, 0.3) is 0 Å². The summed E-state index contributed by atoms with van der Waals surface area (Å²) in [5, 5.41) is 9.73. The molecule has 0 spiro atoms. The first-order chi connectivity index (χ1) is 12.0. The number of carbonyl (C=O) groups excluding carboxylic acids is 3. The molecule has 1 rings (SSSR count). The lowest BCUT2D eigenvalue weighted by molar-refractivity contribution is -0.131. The lowest BCUT2D eigenvalue weighted by Crippen LogP contribution is -2.30. The van der Waals surface area contributed by atoms with Crippen LogP contribution in [0.2, 0.25) is 0 Å². The lowest BCUT2D eigenvalue weighted by Gasteiger charge is -2.21. The van der Waals surface area contributed by atoms with E-state index in [9.17, 15) is 19.5 Å². The van der Waals surface area contributed by atoms with E-state index in [0.717, 1.165) is 0 Å². The van der Waals surface area contributed by atoms with E-state index >= 15 is 0 Å². The van der Waals surface area contributed by atoms with E-state index in [1.165, 1.54) is 19.9 Å². The van der Waals surface area contributed by atoms with Gasteiger partial charge in [-0.1, -0.05) is 20.4 Å². The number of Topliss-reactive ketones (excluding diaryl/α,β-unsaturated/α-hetero) is 2. The molecule has 0 aromatic heterocycles. The van der Waals surface area contributed by atoms with Crippen molar-refractivity contribution in [1.82, 2.24) is 0 Å². The Hall–Kier alpha value is -2.27. The third-order valence-electron chi connectivity index (χ3n) is 4.09. The van der Waals surface area contributed by atoms with Crippen molar-refractivity contribution >= 4 is 17.3 Å². The Balaban J connectivity index is 2.46. The first kappa shape index (κ1) is 21.8. The van der Waals surface area contributed by atoms with Crippen molar-refractivity contribution in [3.8, 4) is 5.75 Å². The third kappa shape index (κ3) is 6.56. The van der Waals surface area contributed by atoms with Crippen LogP contribution in [-0.4, -0.2) is 34.7 Å². The van der Waals surface area contributed by atoms with Crippen molar-refractivity contribution in [3.63, 3.8) is 0 Å². The molecule has 0 radical (unpaired) electrons. The van der Waals surface area contributed by atoms with Gasteiger partial charge >= 0.3 is 0 Å². The molecule has 5 nitrogen and oxygen atoms in total. The number of aliphatic hydroxyl groups is 1. The molecule has 0 aliphatic carbocycles. The zero-order valence-corrected chi connectivity index (χ0v) is 16.0. The van der Waals surface area contributed by atoms with E-state index in [1.807, 2.05) is 0 Å². The molecule has 0 saturated carbocycles. The molecule has 0 unspecified atom stereocenters. The van der Waals surface area contributed by atoms with Crippen LogP contribution < -0.4 is 4.74 Å². The molecule has 142 valence electrons. The van der Waals surface area contributed by atoms with E-state index in [-0.39, 0.29) is 23.8 Å². The molecule has 0 aliphatic heterocycles. The van der Waals surface area contributed by atoms with Crippen LogP contribution in [0.1, 0.15) is 57.3 Å². The average molecular weight is 360 g/mol. The number of carbonyl (C=O) groups is 3. The second-order valence-electron chi connectivity index (χ2n) is 7.52. The fraction of sp³-hybridized carbons (Fsp3) is 0.476. The van der Waals surface area contributed by atoms with E-state index in [0.29, 0.717) is 30.8 Å². The van der Waals surface area contributed by atoms with Gasteiger partial charge < -0.3 is 9.84 Å². The molecule has 1 aromatic carbocycles. The fourth-order valence-corrected chi connectivity index (χ4v) is 2.42. The number of ketones is 3.